The highest BCUT2D eigenvalue weighted by Gasteiger charge is 2.27. The summed E-state index contributed by atoms with van der Waals surface area (Å²) in [7, 11) is -3.91. The number of fused-ring (bicyclic) bond motifs is 1. The molecule has 2 N–H and O–H groups in total. The summed E-state index contributed by atoms with van der Waals surface area (Å²) in [6.07, 6.45) is 2.31. The van der Waals surface area contributed by atoms with E-state index in [4.69, 9.17) is 11.6 Å². The molecular weight excluding hydrogens is 469 g/mol. The number of hydrogen-bond acceptors (Lipinski definition) is 4. The predicted molar refractivity (Wildman–Crippen MR) is 126 cm³/mol. The molecule has 33 heavy (non-hydrogen) atoms. The minimum absolute atomic E-state index is 0.0482. The Morgan fingerprint density at radius 3 is 2.61 bits per heavy atom. The minimum Gasteiger partial charge on any atom is -0.331 e. The van der Waals surface area contributed by atoms with Gasteiger partial charge in [0.05, 0.1) is 6.26 Å². The maximum absolute atomic E-state index is 14.2. The number of H-pyrrole nitrogens is 1. The third-order valence-electron chi connectivity index (χ3n) is 5.18. The van der Waals surface area contributed by atoms with E-state index in [1.807, 2.05) is 4.72 Å². The Morgan fingerprint density at radius 1 is 1.18 bits per heavy atom. The average Bonchev–Trinajstić information content (AvgIpc) is 3.03. The summed E-state index contributed by atoms with van der Waals surface area (Å²) >= 11 is 6.22. The molecule has 10 heteroatoms. The van der Waals surface area contributed by atoms with Crippen LogP contribution in [0.25, 0.3) is 22.0 Å². The molecule has 2 aromatic carbocycles. The van der Waals surface area contributed by atoms with Crippen LogP contribution in [0, 0.1) is 12.7 Å². The highest BCUT2D eigenvalue weighted by Crippen LogP contribution is 2.36. The molecule has 1 amide bonds. The number of benzene rings is 2. The van der Waals surface area contributed by atoms with Crippen molar-refractivity contribution in [3.63, 3.8) is 0 Å². The summed E-state index contributed by atoms with van der Waals surface area (Å²) in [6.45, 7) is 1.68. The summed E-state index contributed by atoms with van der Waals surface area (Å²) in [4.78, 5) is 28.5. The number of carbonyl (C=O) groups excluding carboxylic acids is 1. The number of amides is 1. The van der Waals surface area contributed by atoms with Crippen LogP contribution in [0.15, 0.2) is 59.5 Å². The first-order valence-electron chi connectivity index (χ1n) is 9.82. The van der Waals surface area contributed by atoms with Gasteiger partial charge in [0.2, 0.25) is 10.0 Å². The molecule has 170 valence electrons. The summed E-state index contributed by atoms with van der Waals surface area (Å²) < 4.78 is 41.5. The Hall–Kier alpha value is -3.43. The number of nitrogens with one attached hydrogen (secondary N) is 2. The van der Waals surface area contributed by atoms with Crippen LogP contribution >= 0.6 is 11.6 Å². The van der Waals surface area contributed by atoms with Crippen LogP contribution in [0.4, 0.5) is 4.39 Å². The molecular formula is C23H19ClFN3O4S. The number of aromatic nitrogens is 2. The Kier molecular flexibility index (Phi) is 5.85. The standard InChI is InChI=1S/C23H19ClFN3O4S/c1-13-5-6-14(10-18(13)25)12-28-19-8-7-15(24)11-17(19)20(16-4-3-9-26-22(16)29)21(28)23(30)27-33(2,31)32/h3-11H,12H2,1-2H3,(H,26,29)(H,27,30). The highest BCUT2D eigenvalue weighted by atomic mass is 35.5. The molecule has 4 rings (SSSR count). The van der Waals surface area contributed by atoms with Crippen molar-refractivity contribution in [2.24, 2.45) is 0 Å². The van der Waals surface area contributed by atoms with Gasteiger partial charge >= 0.3 is 0 Å². The van der Waals surface area contributed by atoms with Crippen LogP contribution in [0.3, 0.4) is 0 Å². The van der Waals surface area contributed by atoms with Gasteiger partial charge in [-0.15, -0.1) is 0 Å². The van der Waals surface area contributed by atoms with Gasteiger partial charge < -0.3 is 9.55 Å². The molecule has 2 heterocycles. The quantitative estimate of drug-likeness (QED) is 0.446. The van der Waals surface area contributed by atoms with E-state index in [0.717, 1.165) is 6.26 Å². The van der Waals surface area contributed by atoms with Crippen LogP contribution in [0.1, 0.15) is 21.6 Å². The van der Waals surface area contributed by atoms with Gasteiger partial charge in [0.1, 0.15) is 11.5 Å². The van der Waals surface area contributed by atoms with Gasteiger partial charge in [0.25, 0.3) is 11.5 Å². The summed E-state index contributed by atoms with van der Waals surface area (Å²) in [6, 6.07) is 12.7. The number of aryl methyl sites for hydroxylation is 1. The van der Waals surface area contributed by atoms with E-state index in [1.54, 1.807) is 47.9 Å². The van der Waals surface area contributed by atoms with Crippen LogP contribution < -0.4 is 10.3 Å². The molecule has 4 aromatic rings. The van der Waals surface area contributed by atoms with Crippen LogP contribution in [0.2, 0.25) is 5.02 Å². The van der Waals surface area contributed by atoms with Crippen molar-refractivity contribution in [1.29, 1.82) is 0 Å². The largest absolute Gasteiger partial charge is 0.331 e. The molecule has 0 aliphatic rings. The van der Waals surface area contributed by atoms with Crippen molar-refractivity contribution in [3.8, 4) is 11.1 Å². The summed E-state index contributed by atoms with van der Waals surface area (Å²) in [5.41, 5.74) is 1.40. The SMILES string of the molecule is Cc1ccc(Cn2c(C(=O)NS(C)(=O)=O)c(-c3ccc[nH]c3=O)c3cc(Cl)ccc32)cc1F. The molecule has 7 nitrogen and oxygen atoms in total. The lowest BCUT2D eigenvalue weighted by atomic mass is 10.0. The Bertz CT molecular complexity index is 1570. The number of sulfonamides is 1. The van der Waals surface area contributed by atoms with Gasteiger partial charge in [-0.1, -0.05) is 23.7 Å². The molecule has 0 saturated heterocycles. The van der Waals surface area contributed by atoms with Gasteiger partial charge in [-0.2, -0.15) is 0 Å². The van der Waals surface area contributed by atoms with Crippen molar-refractivity contribution >= 4 is 38.4 Å². The lowest BCUT2D eigenvalue weighted by Crippen LogP contribution is -2.31. The Morgan fingerprint density at radius 2 is 1.94 bits per heavy atom. The normalized spacial score (nSPS) is 11.6. The van der Waals surface area contributed by atoms with E-state index < -0.39 is 27.3 Å². The van der Waals surface area contributed by atoms with Crippen molar-refractivity contribution in [1.82, 2.24) is 14.3 Å². The van der Waals surface area contributed by atoms with Gasteiger partial charge in [-0.25, -0.2) is 17.5 Å². The molecule has 0 aliphatic carbocycles. The summed E-state index contributed by atoms with van der Waals surface area (Å²) in [5.74, 6) is -1.33. The van der Waals surface area contributed by atoms with Gasteiger partial charge in [0.15, 0.2) is 0 Å². The molecule has 0 atom stereocenters. The number of pyridine rings is 1. The number of rotatable bonds is 5. The summed E-state index contributed by atoms with van der Waals surface area (Å²) in [5, 5.41) is 0.843. The zero-order valence-electron chi connectivity index (χ0n) is 17.6. The Labute approximate surface area is 193 Å². The first-order chi connectivity index (χ1) is 15.5. The monoisotopic (exact) mass is 487 g/mol. The number of carbonyl (C=O) groups is 1. The third-order valence-corrected chi connectivity index (χ3v) is 5.97. The fourth-order valence-corrected chi connectivity index (χ4v) is 4.36. The topological polar surface area (TPSA) is 101 Å². The molecule has 0 fully saturated rings. The zero-order valence-corrected chi connectivity index (χ0v) is 19.2. The van der Waals surface area contributed by atoms with Gasteiger partial charge in [-0.05, 0) is 54.4 Å². The molecule has 0 radical (unpaired) electrons. The minimum atomic E-state index is -3.91. The van der Waals surface area contributed by atoms with Crippen molar-refractivity contribution < 1.29 is 17.6 Å². The van der Waals surface area contributed by atoms with E-state index in [0.29, 0.717) is 27.1 Å². The van der Waals surface area contributed by atoms with Crippen LogP contribution in [-0.4, -0.2) is 30.1 Å². The first-order valence-corrected chi connectivity index (χ1v) is 12.1. The predicted octanol–water partition coefficient (Wildman–Crippen LogP) is 3.84. The number of aromatic amines is 1. The van der Waals surface area contributed by atoms with E-state index >= 15 is 0 Å². The molecule has 0 saturated carbocycles. The van der Waals surface area contributed by atoms with Crippen molar-refractivity contribution in [3.05, 3.63) is 92.7 Å². The zero-order chi connectivity index (χ0) is 23.9. The lowest BCUT2D eigenvalue weighted by molar-refractivity contribution is 0.0974. The van der Waals surface area contributed by atoms with E-state index in [1.165, 1.54) is 18.3 Å². The average molecular weight is 488 g/mol. The Balaban J connectivity index is 2.08. The second kappa shape index (κ2) is 8.49. The molecule has 0 bridgehead atoms. The smallest absolute Gasteiger partial charge is 0.282 e. The second-order valence-electron chi connectivity index (χ2n) is 7.67. The van der Waals surface area contributed by atoms with Crippen molar-refractivity contribution in [2.45, 2.75) is 13.5 Å². The fraction of sp³-hybridized carbons (Fsp3) is 0.130. The third kappa shape index (κ3) is 4.55. The van der Waals surface area contributed by atoms with E-state index in [9.17, 15) is 22.4 Å². The van der Waals surface area contributed by atoms with E-state index in [2.05, 4.69) is 4.98 Å². The molecule has 0 aliphatic heterocycles. The van der Waals surface area contributed by atoms with Crippen LogP contribution in [0.5, 0.6) is 0 Å². The maximum Gasteiger partial charge on any atom is 0.282 e. The highest BCUT2D eigenvalue weighted by molar-refractivity contribution is 7.89. The molecule has 0 unspecified atom stereocenters. The molecule has 2 aromatic heterocycles. The van der Waals surface area contributed by atoms with Crippen molar-refractivity contribution in [2.75, 3.05) is 6.26 Å². The van der Waals surface area contributed by atoms with Gasteiger partial charge in [0, 0.05) is 39.8 Å². The second-order valence-corrected chi connectivity index (χ2v) is 9.86. The fourth-order valence-electron chi connectivity index (χ4n) is 3.75. The lowest BCUT2D eigenvalue weighted by Gasteiger charge is -2.13. The maximum atomic E-state index is 14.2. The van der Waals surface area contributed by atoms with Crippen LogP contribution in [-0.2, 0) is 16.6 Å². The number of nitrogens with zero attached hydrogens (tertiary/aromatic N) is 1. The molecule has 0 spiro atoms. The number of hydrogen-bond donors (Lipinski definition) is 2. The van der Waals surface area contributed by atoms with E-state index in [-0.39, 0.29) is 23.4 Å². The number of halogens is 2. The first kappa shape index (κ1) is 22.8. The van der Waals surface area contributed by atoms with Gasteiger partial charge in [-0.3, -0.25) is 9.59 Å².